The van der Waals surface area contributed by atoms with Gasteiger partial charge in [0.25, 0.3) is 0 Å². The zero-order valence-electron chi connectivity index (χ0n) is 9.92. The van der Waals surface area contributed by atoms with E-state index < -0.39 is 0 Å². The van der Waals surface area contributed by atoms with E-state index in [1.807, 2.05) is 30.5 Å². The second-order valence-corrected chi connectivity index (χ2v) is 5.05. The Morgan fingerprint density at radius 1 is 1.00 bits per heavy atom. The van der Waals surface area contributed by atoms with Crippen LogP contribution in [0.2, 0.25) is 0 Å². The van der Waals surface area contributed by atoms with Crippen LogP contribution >= 0.6 is 15.9 Å². The second kappa shape index (κ2) is 4.97. The zero-order chi connectivity index (χ0) is 13.2. The molecule has 0 aliphatic carbocycles. The first-order valence-electron chi connectivity index (χ1n) is 5.79. The summed E-state index contributed by atoms with van der Waals surface area (Å²) in [4.78, 5) is 0. The lowest BCUT2D eigenvalue weighted by molar-refractivity contribution is 0.611. The van der Waals surface area contributed by atoms with Gasteiger partial charge in [0.05, 0.1) is 6.20 Å². The minimum Gasteiger partial charge on any atom is -0.237 e. The van der Waals surface area contributed by atoms with Crippen LogP contribution in [0.25, 0.3) is 16.8 Å². The Morgan fingerprint density at radius 3 is 2.63 bits per heavy atom. The molecule has 1 aromatic heterocycles. The molecule has 0 radical (unpaired) electrons. The van der Waals surface area contributed by atoms with Crippen LogP contribution in [-0.2, 0) is 0 Å². The summed E-state index contributed by atoms with van der Waals surface area (Å²) in [5, 5.41) is 4.21. The highest BCUT2D eigenvalue weighted by Gasteiger charge is 2.07. The Labute approximate surface area is 118 Å². The Balaban J connectivity index is 2.03. The molecule has 2 nitrogen and oxygen atoms in total. The van der Waals surface area contributed by atoms with E-state index >= 15 is 0 Å². The second-order valence-electron chi connectivity index (χ2n) is 4.14. The van der Waals surface area contributed by atoms with Crippen molar-refractivity contribution in [2.24, 2.45) is 0 Å². The van der Waals surface area contributed by atoms with Crippen LogP contribution in [0, 0.1) is 5.82 Å². The molecular formula is C15H10BrFN2. The van der Waals surface area contributed by atoms with Crippen LogP contribution in [0.4, 0.5) is 4.39 Å². The van der Waals surface area contributed by atoms with Crippen molar-refractivity contribution in [2.45, 2.75) is 0 Å². The molecule has 0 N–H and O–H groups in total. The molecule has 0 atom stereocenters. The summed E-state index contributed by atoms with van der Waals surface area (Å²) in [5.74, 6) is -0.286. The summed E-state index contributed by atoms with van der Waals surface area (Å²) in [7, 11) is 0. The van der Waals surface area contributed by atoms with Gasteiger partial charge in [-0.1, -0.05) is 40.2 Å². The number of nitrogens with zero attached hydrogens (tertiary/aromatic N) is 2. The maximum absolute atomic E-state index is 13.7. The van der Waals surface area contributed by atoms with Gasteiger partial charge in [0, 0.05) is 16.2 Å². The van der Waals surface area contributed by atoms with E-state index in [4.69, 9.17) is 0 Å². The molecule has 0 aliphatic rings. The van der Waals surface area contributed by atoms with Crippen molar-refractivity contribution in [1.82, 2.24) is 9.78 Å². The van der Waals surface area contributed by atoms with Gasteiger partial charge in [0.15, 0.2) is 0 Å². The zero-order valence-corrected chi connectivity index (χ0v) is 11.5. The Morgan fingerprint density at radius 2 is 1.84 bits per heavy atom. The molecule has 0 fully saturated rings. The number of rotatable bonds is 2. The number of hydrogen-bond donors (Lipinski definition) is 0. The minimum absolute atomic E-state index is 0.286. The predicted molar refractivity (Wildman–Crippen MR) is 76.7 cm³/mol. The molecule has 3 aromatic rings. The van der Waals surface area contributed by atoms with Gasteiger partial charge in [0.1, 0.15) is 11.5 Å². The number of para-hydroxylation sites is 1. The van der Waals surface area contributed by atoms with Gasteiger partial charge in [-0.25, -0.2) is 9.07 Å². The van der Waals surface area contributed by atoms with Crippen LogP contribution in [0.5, 0.6) is 0 Å². The summed E-state index contributed by atoms with van der Waals surface area (Å²) < 4.78 is 16.2. The van der Waals surface area contributed by atoms with Gasteiger partial charge in [-0.15, -0.1) is 0 Å². The van der Waals surface area contributed by atoms with Crippen molar-refractivity contribution in [3.05, 3.63) is 71.2 Å². The average molecular weight is 317 g/mol. The molecule has 0 spiro atoms. The van der Waals surface area contributed by atoms with Gasteiger partial charge in [-0.2, -0.15) is 5.10 Å². The first kappa shape index (κ1) is 12.1. The largest absolute Gasteiger partial charge is 0.237 e. The summed E-state index contributed by atoms with van der Waals surface area (Å²) in [5.41, 5.74) is 2.44. The predicted octanol–water partition coefficient (Wildman–Crippen LogP) is 4.44. The number of halogens is 2. The van der Waals surface area contributed by atoms with E-state index in [2.05, 4.69) is 21.0 Å². The average Bonchev–Trinajstić information content (AvgIpc) is 2.89. The first-order valence-corrected chi connectivity index (χ1v) is 6.59. The molecule has 2 aromatic carbocycles. The molecule has 0 bridgehead atoms. The first-order chi connectivity index (χ1) is 9.24. The van der Waals surface area contributed by atoms with Crippen LogP contribution in [0.3, 0.4) is 0 Å². The van der Waals surface area contributed by atoms with Crippen molar-refractivity contribution in [1.29, 1.82) is 0 Å². The third-order valence-corrected chi connectivity index (χ3v) is 3.33. The topological polar surface area (TPSA) is 17.8 Å². The third-order valence-electron chi connectivity index (χ3n) is 2.84. The highest BCUT2D eigenvalue weighted by Crippen LogP contribution is 2.23. The Bertz CT molecular complexity index is 721. The van der Waals surface area contributed by atoms with Crippen molar-refractivity contribution < 1.29 is 4.39 Å². The van der Waals surface area contributed by atoms with Crippen LogP contribution < -0.4 is 0 Å². The summed E-state index contributed by atoms with van der Waals surface area (Å²) in [6.45, 7) is 0. The van der Waals surface area contributed by atoms with Gasteiger partial charge in [0.2, 0.25) is 0 Å². The van der Waals surface area contributed by atoms with Crippen molar-refractivity contribution in [3.63, 3.8) is 0 Å². The number of hydrogen-bond acceptors (Lipinski definition) is 1. The monoisotopic (exact) mass is 316 g/mol. The Kier molecular flexibility index (Phi) is 3.17. The fraction of sp³-hybridized carbons (Fsp3) is 0. The fourth-order valence-electron chi connectivity index (χ4n) is 1.91. The molecule has 94 valence electrons. The van der Waals surface area contributed by atoms with Crippen LogP contribution in [0.1, 0.15) is 0 Å². The maximum Gasteiger partial charge on any atom is 0.148 e. The van der Waals surface area contributed by atoms with Crippen LogP contribution in [0.15, 0.2) is 65.4 Å². The molecule has 0 saturated carbocycles. The molecule has 0 aliphatic heterocycles. The lowest BCUT2D eigenvalue weighted by Gasteiger charge is -2.02. The summed E-state index contributed by atoms with van der Waals surface area (Å²) >= 11 is 3.44. The molecular weight excluding hydrogens is 307 g/mol. The van der Waals surface area contributed by atoms with Gasteiger partial charge in [-0.3, -0.25) is 0 Å². The van der Waals surface area contributed by atoms with E-state index in [0.717, 1.165) is 15.6 Å². The standard InChI is InChI=1S/C15H10BrFN2/c16-13-5-3-4-11(8-13)12-9-18-19(10-12)15-7-2-1-6-14(15)17/h1-10H. The van der Waals surface area contributed by atoms with E-state index in [0.29, 0.717) is 5.69 Å². The summed E-state index contributed by atoms with van der Waals surface area (Å²) in [6.07, 6.45) is 3.55. The van der Waals surface area contributed by atoms with Gasteiger partial charge in [-0.05, 0) is 29.8 Å². The highest BCUT2D eigenvalue weighted by atomic mass is 79.9. The van der Waals surface area contributed by atoms with E-state index in [1.165, 1.54) is 6.07 Å². The highest BCUT2D eigenvalue weighted by molar-refractivity contribution is 9.10. The molecule has 4 heteroatoms. The molecule has 0 unspecified atom stereocenters. The van der Waals surface area contributed by atoms with Crippen molar-refractivity contribution >= 4 is 15.9 Å². The maximum atomic E-state index is 13.7. The fourth-order valence-corrected chi connectivity index (χ4v) is 2.31. The third kappa shape index (κ3) is 2.44. The lowest BCUT2D eigenvalue weighted by Crippen LogP contribution is -1.96. The van der Waals surface area contributed by atoms with Crippen molar-refractivity contribution in [2.75, 3.05) is 0 Å². The van der Waals surface area contributed by atoms with Crippen LogP contribution in [-0.4, -0.2) is 9.78 Å². The molecule has 3 rings (SSSR count). The van der Waals surface area contributed by atoms with E-state index in [9.17, 15) is 4.39 Å². The quantitative estimate of drug-likeness (QED) is 0.683. The number of aromatic nitrogens is 2. The minimum atomic E-state index is -0.286. The van der Waals surface area contributed by atoms with Gasteiger partial charge < -0.3 is 0 Å². The normalized spacial score (nSPS) is 10.6. The molecule has 0 amide bonds. The van der Waals surface area contributed by atoms with E-state index in [-0.39, 0.29) is 5.82 Å². The molecule has 0 saturated heterocycles. The lowest BCUT2D eigenvalue weighted by atomic mass is 10.1. The molecule has 19 heavy (non-hydrogen) atoms. The molecule has 1 heterocycles. The smallest absolute Gasteiger partial charge is 0.148 e. The Hall–Kier alpha value is -1.94. The number of benzene rings is 2. The summed E-state index contributed by atoms with van der Waals surface area (Å²) in [6, 6.07) is 14.5. The van der Waals surface area contributed by atoms with E-state index in [1.54, 1.807) is 29.1 Å². The van der Waals surface area contributed by atoms with Crippen molar-refractivity contribution in [3.8, 4) is 16.8 Å². The van der Waals surface area contributed by atoms with Gasteiger partial charge >= 0.3 is 0 Å². The SMILES string of the molecule is Fc1ccccc1-n1cc(-c2cccc(Br)c2)cn1.